The number of benzene rings is 1. The first-order chi connectivity index (χ1) is 11.1. The largest absolute Gasteiger partial charge is 0.347 e. The molecule has 1 aliphatic heterocycles. The molecule has 120 valence electrons. The molecular formula is C17H18N2O2S2. The molecule has 0 N–H and O–H groups in total. The van der Waals surface area contributed by atoms with Crippen molar-refractivity contribution in [3.8, 4) is 0 Å². The van der Waals surface area contributed by atoms with Crippen LogP contribution >= 0.6 is 11.3 Å². The molecule has 0 amide bonds. The van der Waals surface area contributed by atoms with E-state index in [1.807, 2.05) is 17.5 Å². The molecule has 1 aliphatic rings. The molecule has 4 rings (SSSR count). The average Bonchev–Trinajstić information content (AvgIpc) is 3.28. The van der Waals surface area contributed by atoms with Gasteiger partial charge in [-0.1, -0.05) is 24.3 Å². The molecule has 23 heavy (non-hydrogen) atoms. The Bertz CT molecular complexity index is 942. The van der Waals surface area contributed by atoms with Crippen LogP contribution in [0.1, 0.15) is 18.0 Å². The summed E-state index contributed by atoms with van der Waals surface area (Å²) >= 11 is 1.29. The van der Waals surface area contributed by atoms with E-state index in [-0.39, 0.29) is 5.92 Å². The fourth-order valence-electron chi connectivity index (χ4n) is 3.43. The second-order valence-corrected chi connectivity index (χ2v) is 9.08. The molecule has 0 bridgehead atoms. The molecule has 1 atom stereocenters. The van der Waals surface area contributed by atoms with Crippen LogP contribution in [0.4, 0.5) is 0 Å². The Kier molecular flexibility index (Phi) is 3.55. The van der Waals surface area contributed by atoms with Crippen molar-refractivity contribution < 1.29 is 8.42 Å². The minimum absolute atomic E-state index is 0.252. The number of hydrogen-bond donors (Lipinski definition) is 0. The van der Waals surface area contributed by atoms with Gasteiger partial charge in [-0.25, -0.2) is 8.42 Å². The summed E-state index contributed by atoms with van der Waals surface area (Å²) in [5, 5.41) is 3.02. The van der Waals surface area contributed by atoms with Gasteiger partial charge in [0.05, 0.1) is 0 Å². The highest BCUT2D eigenvalue weighted by molar-refractivity contribution is 7.91. The number of nitrogens with zero attached hydrogens (tertiary/aromatic N) is 2. The molecule has 0 spiro atoms. The van der Waals surface area contributed by atoms with E-state index in [0.29, 0.717) is 17.3 Å². The lowest BCUT2D eigenvalue weighted by atomic mass is 10.1. The summed E-state index contributed by atoms with van der Waals surface area (Å²) in [5.74, 6) is 0.252. The van der Waals surface area contributed by atoms with Crippen LogP contribution in [0.15, 0.2) is 52.1 Å². The molecule has 2 aromatic heterocycles. The maximum atomic E-state index is 12.7. The van der Waals surface area contributed by atoms with Crippen LogP contribution in [-0.2, 0) is 17.1 Å². The van der Waals surface area contributed by atoms with Crippen molar-refractivity contribution in [2.45, 2.75) is 16.5 Å². The molecule has 0 radical (unpaired) electrons. The van der Waals surface area contributed by atoms with Gasteiger partial charge in [-0.15, -0.1) is 11.3 Å². The molecule has 1 unspecified atom stereocenters. The van der Waals surface area contributed by atoms with Gasteiger partial charge in [0.2, 0.25) is 0 Å². The van der Waals surface area contributed by atoms with Crippen LogP contribution in [0.2, 0.25) is 0 Å². The van der Waals surface area contributed by atoms with Crippen molar-refractivity contribution in [3.05, 3.63) is 53.5 Å². The fraction of sp³-hybridized carbons (Fsp3) is 0.294. The summed E-state index contributed by atoms with van der Waals surface area (Å²) < 4.78 is 29.6. The van der Waals surface area contributed by atoms with Crippen LogP contribution in [0.3, 0.4) is 0 Å². The summed E-state index contributed by atoms with van der Waals surface area (Å²) in [6.45, 7) is 1.15. The second-order valence-electron chi connectivity index (χ2n) is 5.97. The van der Waals surface area contributed by atoms with Gasteiger partial charge in [0.15, 0.2) is 0 Å². The molecule has 6 heteroatoms. The van der Waals surface area contributed by atoms with Crippen molar-refractivity contribution in [2.75, 3.05) is 13.1 Å². The minimum atomic E-state index is -3.34. The number of aryl methyl sites for hydroxylation is 1. The van der Waals surface area contributed by atoms with Crippen molar-refractivity contribution in [1.29, 1.82) is 0 Å². The maximum absolute atomic E-state index is 12.7. The number of para-hydroxylation sites is 1. The summed E-state index contributed by atoms with van der Waals surface area (Å²) in [7, 11) is -1.27. The highest BCUT2D eigenvalue weighted by Crippen LogP contribution is 2.34. The monoisotopic (exact) mass is 346 g/mol. The zero-order valence-electron chi connectivity index (χ0n) is 12.8. The Balaban J connectivity index is 1.64. The molecule has 4 nitrogen and oxygen atoms in total. The van der Waals surface area contributed by atoms with Gasteiger partial charge >= 0.3 is 0 Å². The molecule has 0 saturated carbocycles. The maximum Gasteiger partial charge on any atom is 0.252 e. The molecule has 1 fully saturated rings. The number of sulfonamides is 1. The predicted octanol–water partition coefficient (Wildman–Crippen LogP) is 3.42. The smallest absolute Gasteiger partial charge is 0.252 e. The normalized spacial score (nSPS) is 19.6. The topological polar surface area (TPSA) is 42.3 Å². The third-order valence-electron chi connectivity index (χ3n) is 4.65. The molecule has 0 aliphatic carbocycles. The Morgan fingerprint density at radius 3 is 2.74 bits per heavy atom. The van der Waals surface area contributed by atoms with E-state index in [2.05, 4.69) is 29.8 Å². The molecule has 3 aromatic rings. The lowest BCUT2D eigenvalue weighted by Gasteiger charge is -2.16. The third-order valence-corrected chi connectivity index (χ3v) is 7.89. The first-order valence-electron chi connectivity index (χ1n) is 7.65. The van der Waals surface area contributed by atoms with Crippen molar-refractivity contribution >= 4 is 32.3 Å². The van der Waals surface area contributed by atoms with Crippen molar-refractivity contribution in [2.24, 2.45) is 7.05 Å². The Morgan fingerprint density at radius 2 is 2.00 bits per heavy atom. The quantitative estimate of drug-likeness (QED) is 0.729. The van der Waals surface area contributed by atoms with E-state index in [1.165, 1.54) is 27.9 Å². The number of fused-ring (bicyclic) bond motifs is 1. The highest BCUT2D eigenvalue weighted by atomic mass is 32.2. The van der Waals surface area contributed by atoms with Gasteiger partial charge < -0.3 is 4.57 Å². The van der Waals surface area contributed by atoms with Gasteiger partial charge in [0.1, 0.15) is 4.21 Å². The molecule has 3 heterocycles. The fourth-order valence-corrected chi connectivity index (χ4v) is 6.07. The molecule has 1 saturated heterocycles. The van der Waals surface area contributed by atoms with E-state index >= 15 is 0 Å². The molecular weight excluding hydrogens is 328 g/mol. The van der Waals surface area contributed by atoms with Gasteiger partial charge in [-0.05, 0) is 35.4 Å². The van der Waals surface area contributed by atoms with Crippen molar-refractivity contribution in [1.82, 2.24) is 8.87 Å². The molecule has 1 aromatic carbocycles. The second kappa shape index (κ2) is 5.47. The van der Waals surface area contributed by atoms with Crippen LogP contribution in [0.5, 0.6) is 0 Å². The highest BCUT2D eigenvalue weighted by Gasteiger charge is 2.34. The number of aromatic nitrogens is 1. The zero-order chi connectivity index (χ0) is 16.0. The van der Waals surface area contributed by atoms with E-state index in [4.69, 9.17) is 0 Å². The van der Waals surface area contributed by atoms with E-state index < -0.39 is 10.0 Å². The van der Waals surface area contributed by atoms with Crippen molar-refractivity contribution in [3.63, 3.8) is 0 Å². The minimum Gasteiger partial charge on any atom is -0.347 e. The first-order valence-corrected chi connectivity index (χ1v) is 9.97. The first kappa shape index (κ1) is 14.9. The number of hydrogen-bond acceptors (Lipinski definition) is 3. The number of rotatable bonds is 3. The van der Waals surface area contributed by atoms with Crippen LogP contribution in [0, 0.1) is 0 Å². The van der Waals surface area contributed by atoms with Gasteiger partial charge in [-0.3, -0.25) is 0 Å². The predicted molar refractivity (Wildman–Crippen MR) is 93.4 cm³/mol. The average molecular weight is 346 g/mol. The standard InChI is InChI=1S/C17H18N2O2S2/c1-18-15-6-3-2-5-13(15)11-16(18)14-8-9-19(12-14)23(20,21)17-7-4-10-22-17/h2-7,10-11,14H,8-9,12H2,1H3. The van der Waals surface area contributed by atoms with Crippen LogP contribution < -0.4 is 0 Å². The van der Waals surface area contributed by atoms with Gasteiger partial charge in [-0.2, -0.15) is 4.31 Å². The van der Waals surface area contributed by atoms with Gasteiger partial charge in [0, 0.05) is 37.3 Å². The Labute approximate surface area is 140 Å². The van der Waals surface area contributed by atoms with E-state index in [0.717, 1.165) is 6.42 Å². The summed E-state index contributed by atoms with van der Waals surface area (Å²) in [4.78, 5) is 0. The SMILES string of the molecule is Cn1c(C2CCN(S(=O)(=O)c3cccs3)C2)cc2ccccc21. The Morgan fingerprint density at radius 1 is 1.17 bits per heavy atom. The van der Waals surface area contributed by atoms with Crippen LogP contribution in [-0.4, -0.2) is 30.4 Å². The summed E-state index contributed by atoms with van der Waals surface area (Å²) in [6, 6.07) is 13.9. The summed E-state index contributed by atoms with van der Waals surface area (Å²) in [6.07, 6.45) is 0.870. The van der Waals surface area contributed by atoms with Crippen LogP contribution in [0.25, 0.3) is 10.9 Å². The lowest BCUT2D eigenvalue weighted by Crippen LogP contribution is -2.28. The zero-order valence-corrected chi connectivity index (χ0v) is 14.5. The summed E-state index contributed by atoms with van der Waals surface area (Å²) in [5.41, 5.74) is 2.41. The van der Waals surface area contributed by atoms with E-state index in [9.17, 15) is 8.42 Å². The third kappa shape index (κ3) is 2.41. The lowest BCUT2D eigenvalue weighted by molar-refractivity contribution is 0.473. The number of thiophene rings is 1. The van der Waals surface area contributed by atoms with Gasteiger partial charge in [0.25, 0.3) is 10.0 Å². The van der Waals surface area contributed by atoms with E-state index in [1.54, 1.807) is 16.4 Å². The Hall–Kier alpha value is -1.63.